The molecule has 0 aliphatic heterocycles. The lowest BCUT2D eigenvalue weighted by Crippen LogP contribution is -2.61. The van der Waals surface area contributed by atoms with Crippen LogP contribution in [0.3, 0.4) is 0 Å². The van der Waals surface area contributed by atoms with E-state index in [1.807, 2.05) is 0 Å². The number of nitrogens with one attached hydrogen (secondary N) is 3. The van der Waals surface area contributed by atoms with E-state index in [4.69, 9.17) is 16.6 Å². The van der Waals surface area contributed by atoms with Crippen molar-refractivity contribution >= 4 is 36.3 Å². The van der Waals surface area contributed by atoms with Crippen LogP contribution in [0.1, 0.15) is 40.0 Å². The lowest BCUT2D eigenvalue weighted by atomic mass is 10.0. The SMILES string of the molecule is CC(C)C(NC(=O)C(N)CCCCN)C(=O)NC(C(=O)NC(CS)C(=O)O)C(C)O. The lowest BCUT2D eigenvalue weighted by Gasteiger charge is -2.28. The quantitative estimate of drug-likeness (QED) is 0.109. The molecule has 0 radical (unpaired) electrons. The summed E-state index contributed by atoms with van der Waals surface area (Å²) in [7, 11) is 0. The number of rotatable bonds is 14. The van der Waals surface area contributed by atoms with Gasteiger partial charge in [0.05, 0.1) is 12.1 Å². The van der Waals surface area contributed by atoms with Crippen LogP contribution in [-0.4, -0.2) is 76.5 Å². The number of nitrogens with two attached hydrogens (primary N) is 2. The average molecular weight is 450 g/mol. The Morgan fingerprint density at radius 1 is 0.933 bits per heavy atom. The first-order valence-corrected chi connectivity index (χ1v) is 10.5. The first-order valence-electron chi connectivity index (χ1n) is 9.84. The molecule has 174 valence electrons. The van der Waals surface area contributed by atoms with Gasteiger partial charge in [0.15, 0.2) is 0 Å². The second kappa shape index (κ2) is 14.2. The fraction of sp³-hybridized carbons (Fsp3) is 0.778. The van der Waals surface area contributed by atoms with E-state index >= 15 is 0 Å². The number of unbranched alkanes of at least 4 members (excludes halogenated alkanes) is 1. The predicted octanol–water partition coefficient (Wildman–Crippen LogP) is -2.05. The lowest BCUT2D eigenvalue weighted by molar-refractivity contribution is -0.142. The van der Waals surface area contributed by atoms with Gasteiger partial charge in [0.25, 0.3) is 0 Å². The minimum absolute atomic E-state index is 0.172. The van der Waals surface area contributed by atoms with Crippen molar-refractivity contribution in [2.45, 2.75) is 70.3 Å². The molecule has 5 atom stereocenters. The highest BCUT2D eigenvalue weighted by Gasteiger charge is 2.33. The van der Waals surface area contributed by atoms with Gasteiger partial charge in [0, 0.05) is 5.75 Å². The molecule has 0 fully saturated rings. The molecule has 0 aromatic rings. The smallest absolute Gasteiger partial charge is 0.327 e. The Balaban J connectivity index is 5.16. The van der Waals surface area contributed by atoms with Gasteiger partial charge in [-0.25, -0.2) is 4.79 Å². The molecule has 30 heavy (non-hydrogen) atoms. The van der Waals surface area contributed by atoms with E-state index in [-0.39, 0.29) is 11.7 Å². The zero-order chi connectivity index (χ0) is 23.4. The van der Waals surface area contributed by atoms with Gasteiger partial charge in [-0.2, -0.15) is 12.6 Å². The Kier molecular flexibility index (Phi) is 13.3. The van der Waals surface area contributed by atoms with E-state index in [2.05, 4.69) is 28.6 Å². The summed E-state index contributed by atoms with van der Waals surface area (Å²) in [6, 6.07) is -4.53. The molecule has 3 amide bonds. The Bertz CT molecular complexity index is 589. The van der Waals surface area contributed by atoms with Crippen LogP contribution in [0.25, 0.3) is 0 Å². The standard InChI is InChI=1S/C18H35N5O6S/c1-9(2)13(22-15(25)11(20)6-4-5-7-19)16(26)23-14(10(3)24)17(27)21-12(8-30)18(28)29/h9-14,24,30H,4-8,19-20H2,1-3H3,(H,21,27)(H,22,25)(H,23,26)(H,28,29). The van der Waals surface area contributed by atoms with Gasteiger partial charge in [0.1, 0.15) is 18.1 Å². The number of carbonyl (C=O) groups excluding carboxylic acids is 3. The highest BCUT2D eigenvalue weighted by Crippen LogP contribution is 2.06. The summed E-state index contributed by atoms with van der Waals surface area (Å²) in [5, 5.41) is 26.1. The van der Waals surface area contributed by atoms with Crippen LogP contribution in [0.2, 0.25) is 0 Å². The van der Waals surface area contributed by atoms with Gasteiger partial charge in [-0.05, 0) is 32.2 Å². The molecule has 0 aliphatic carbocycles. The van der Waals surface area contributed by atoms with Gasteiger partial charge < -0.3 is 37.6 Å². The number of carboxylic acid groups (broad SMARTS) is 1. The Labute approximate surface area is 182 Å². The molecule has 0 aromatic heterocycles. The molecule has 0 aromatic carbocycles. The summed E-state index contributed by atoms with van der Waals surface area (Å²) in [6.07, 6.45) is 0.493. The van der Waals surface area contributed by atoms with Crippen LogP contribution in [0, 0.1) is 5.92 Å². The van der Waals surface area contributed by atoms with E-state index in [1.165, 1.54) is 6.92 Å². The minimum Gasteiger partial charge on any atom is -0.480 e. The second-order valence-electron chi connectivity index (χ2n) is 7.43. The first-order chi connectivity index (χ1) is 14.0. The molecule has 0 aliphatic rings. The highest BCUT2D eigenvalue weighted by molar-refractivity contribution is 7.80. The topological polar surface area (TPSA) is 197 Å². The summed E-state index contributed by atoms with van der Waals surface area (Å²) >= 11 is 3.85. The van der Waals surface area contributed by atoms with Crippen LogP contribution in [0.5, 0.6) is 0 Å². The van der Waals surface area contributed by atoms with Crippen molar-refractivity contribution in [3.05, 3.63) is 0 Å². The van der Waals surface area contributed by atoms with Crippen molar-refractivity contribution in [2.75, 3.05) is 12.3 Å². The maximum Gasteiger partial charge on any atom is 0.327 e. The number of amides is 3. The normalized spacial score (nSPS) is 16.1. The van der Waals surface area contributed by atoms with Gasteiger partial charge in [-0.3, -0.25) is 14.4 Å². The van der Waals surface area contributed by atoms with E-state index < -0.39 is 54.0 Å². The van der Waals surface area contributed by atoms with E-state index in [0.29, 0.717) is 19.4 Å². The van der Waals surface area contributed by atoms with Gasteiger partial charge in [-0.15, -0.1) is 0 Å². The highest BCUT2D eigenvalue weighted by atomic mass is 32.1. The number of carboxylic acids is 1. The molecule has 0 bridgehead atoms. The predicted molar refractivity (Wildman–Crippen MR) is 115 cm³/mol. The summed E-state index contributed by atoms with van der Waals surface area (Å²) in [6.45, 7) is 5.16. The van der Waals surface area contributed by atoms with Gasteiger partial charge >= 0.3 is 5.97 Å². The molecule has 9 N–H and O–H groups in total. The molecule has 5 unspecified atom stereocenters. The fourth-order valence-electron chi connectivity index (χ4n) is 2.53. The number of aliphatic hydroxyl groups excluding tert-OH is 1. The fourth-order valence-corrected chi connectivity index (χ4v) is 2.78. The van der Waals surface area contributed by atoms with E-state index in [0.717, 1.165) is 6.42 Å². The van der Waals surface area contributed by atoms with E-state index in [9.17, 15) is 24.3 Å². The van der Waals surface area contributed by atoms with Crippen molar-refractivity contribution in [3.63, 3.8) is 0 Å². The summed E-state index contributed by atoms with van der Waals surface area (Å²) in [5.74, 6) is -3.91. The second-order valence-corrected chi connectivity index (χ2v) is 7.80. The summed E-state index contributed by atoms with van der Waals surface area (Å²) in [5.41, 5.74) is 11.3. The molecule has 12 heteroatoms. The Hall–Kier alpha value is -1.89. The number of aliphatic hydroxyl groups is 1. The van der Waals surface area contributed by atoms with Crippen LogP contribution in [-0.2, 0) is 19.2 Å². The van der Waals surface area contributed by atoms with Crippen molar-refractivity contribution in [2.24, 2.45) is 17.4 Å². The molecule has 0 saturated heterocycles. The van der Waals surface area contributed by atoms with Crippen LogP contribution >= 0.6 is 12.6 Å². The third-order valence-corrected chi connectivity index (χ3v) is 4.78. The number of aliphatic carboxylic acids is 1. The van der Waals surface area contributed by atoms with Crippen molar-refractivity contribution in [3.8, 4) is 0 Å². The Morgan fingerprint density at radius 3 is 1.90 bits per heavy atom. The zero-order valence-corrected chi connectivity index (χ0v) is 18.5. The number of hydrogen-bond donors (Lipinski definition) is 8. The summed E-state index contributed by atoms with van der Waals surface area (Å²) < 4.78 is 0. The maximum absolute atomic E-state index is 12.7. The van der Waals surface area contributed by atoms with Crippen LogP contribution < -0.4 is 27.4 Å². The summed E-state index contributed by atoms with van der Waals surface area (Å²) in [4.78, 5) is 48.5. The van der Waals surface area contributed by atoms with Crippen molar-refractivity contribution in [1.29, 1.82) is 0 Å². The number of hydrogen-bond acceptors (Lipinski definition) is 8. The third kappa shape index (κ3) is 9.74. The molecule has 0 heterocycles. The van der Waals surface area contributed by atoms with Gasteiger partial charge in [-0.1, -0.05) is 20.3 Å². The molecule has 0 saturated carbocycles. The monoisotopic (exact) mass is 449 g/mol. The molecule has 0 rings (SSSR count). The van der Waals surface area contributed by atoms with Gasteiger partial charge in [0.2, 0.25) is 17.7 Å². The number of thiol groups is 1. The largest absolute Gasteiger partial charge is 0.480 e. The molecule has 11 nitrogen and oxygen atoms in total. The van der Waals surface area contributed by atoms with Crippen molar-refractivity contribution < 1.29 is 29.4 Å². The molecular weight excluding hydrogens is 414 g/mol. The van der Waals surface area contributed by atoms with Crippen LogP contribution in [0.4, 0.5) is 0 Å². The van der Waals surface area contributed by atoms with Crippen LogP contribution in [0.15, 0.2) is 0 Å². The maximum atomic E-state index is 12.7. The first kappa shape index (κ1) is 28.1. The molecular formula is C18H35N5O6S. The Morgan fingerprint density at radius 2 is 1.47 bits per heavy atom. The van der Waals surface area contributed by atoms with E-state index in [1.54, 1.807) is 13.8 Å². The number of carbonyl (C=O) groups is 4. The average Bonchev–Trinajstić information content (AvgIpc) is 2.66. The van der Waals surface area contributed by atoms with Crippen molar-refractivity contribution in [1.82, 2.24) is 16.0 Å². The minimum atomic E-state index is -1.42. The third-order valence-electron chi connectivity index (χ3n) is 4.41. The molecule has 0 spiro atoms. The zero-order valence-electron chi connectivity index (χ0n) is 17.6.